The summed E-state index contributed by atoms with van der Waals surface area (Å²) in [5.41, 5.74) is 8.09. The predicted octanol–water partition coefficient (Wildman–Crippen LogP) is 2.59. The molecule has 0 radical (unpaired) electrons. The van der Waals surface area contributed by atoms with E-state index >= 15 is 0 Å². The zero-order valence-electron chi connectivity index (χ0n) is 17.2. The van der Waals surface area contributed by atoms with E-state index in [-0.39, 0.29) is 6.61 Å². The number of fused-ring (bicyclic) bond motifs is 2. The number of aliphatic hydroxyl groups excluding tert-OH is 1. The van der Waals surface area contributed by atoms with Crippen molar-refractivity contribution < 1.29 is 19.2 Å². The minimum atomic E-state index is -0.534. The average molecular weight is 439 g/mol. The maximum atomic E-state index is 12.0. The highest BCUT2D eigenvalue weighted by molar-refractivity contribution is 7.18. The number of rotatable bonds is 5. The normalized spacial score (nSPS) is 19.2. The first-order valence-corrected chi connectivity index (χ1v) is 11.2. The fourth-order valence-electron chi connectivity index (χ4n) is 4.40. The molecule has 3 N–H and O–H groups in total. The van der Waals surface area contributed by atoms with Crippen molar-refractivity contribution in [3.8, 4) is 11.4 Å². The lowest BCUT2D eigenvalue weighted by molar-refractivity contribution is -0.600. The summed E-state index contributed by atoms with van der Waals surface area (Å²) < 4.78 is 10.3. The van der Waals surface area contributed by atoms with Crippen LogP contribution < -0.4 is 15.0 Å². The van der Waals surface area contributed by atoms with Gasteiger partial charge in [-0.15, -0.1) is 15.9 Å². The highest BCUT2D eigenvalue weighted by atomic mass is 32.1. The Balaban J connectivity index is 1.60. The molecule has 1 amide bonds. The van der Waals surface area contributed by atoms with Crippen LogP contribution in [-0.2, 0) is 0 Å². The van der Waals surface area contributed by atoms with Gasteiger partial charge in [-0.1, -0.05) is 0 Å². The zero-order valence-corrected chi connectivity index (χ0v) is 18.0. The molecule has 1 aromatic carbocycles. The summed E-state index contributed by atoms with van der Waals surface area (Å²) in [6.07, 6.45) is 9.35. The number of amides is 1. The Morgan fingerprint density at radius 1 is 1.35 bits per heavy atom. The second kappa shape index (κ2) is 7.90. The van der Waals surface area contributed by atoms with E-state index in [0.29, 0.717) is 28.8 Å². The maximum absolute atomic E-state index is 12.0. The predicted molar refractivity (Wildman–Crippen MR) is 117 cm³/mol. The molecule has 8 nitrogen and oxygen atoms in total. The lowest BCUT2D eigenvalue weighted by atomic mass is 9.83. The number of thiazole rings is 1. The highest BCUT2D eigenvalue weighted by Gasteiger charge is 2.26. The number of carbonyl (C=O) groups excluding carboxylic acids is 1. The molecule has 0 aliphatic heterocycles. The number of aliphatic hydroxyl groups is 1. The monoisotopic (exact) mass is 438 g/mol. The molecule has 9 heteroatoms. The van der Waals surface area contributed by atoms with Crippen molar-refractivity contribution in [3.05, 3.63) is 47.4 Å². The van der Waals surface area contributed by atoms with Crippen molar-refractivity contribution in [1.29, 1.82) is 0 Å². The van der Waals surface area contributed by atoms with Crippen LogP contribution in [0.15, 0.2) is 36.8 Å². The third-order valence-electron chi connectivity index (χ3n) is 6.12. The van der Waals surface area contributed by atoms with Gasteiger partial charge >= 0.3 is 5.65 Å². The van der Waals surface area contributed by atoms with Crippen LogP contribution in [0, 0.1) is 5.92 Å². The van der Waals surface area contributed by atoms with E-state index in [9.17, 15) is 9.90 Å². The first kappa shape index (κ1) is 19.9. The fourth-order valence-corrected chi connectivity index (χ4v) is 5.55. The van der Waals surface area contributed by atoms with E-state index in [1.165, 1.54) is 0 Å². The first-order valence-electron chi connectivity index (χ1n) is 10.4. The van der Waals surface area contributed by atoms with Crippen LogP contribution in [0.5, 0.6) is 5.75 Å². The van der Waals surface area contributed by atoms with E-state index in [1.807, 2.05) is 23.0 Å². The number of aromatic nitrogens is 4. The van der Waals surface area contributed by atoms with Gasteiger partial charge in [-0.3, -0.25) is 4.79 Å². The number of nitrogens with two attached hydrogens (primary N) is 1. The van der Waals surface area contributed by atoms with Crippen LogP contribution in [0.1, 0.15) is 47.0 Å². The molecular formula is C22H24N5O3S+. The van der Waals surface area contributed by atoms with Gasteiger partial charge in [0.2, 0.25) is 0 Å². The van der Waals surface area contributed by atoms with E-state index in [2.05, 4.69) is 4.98 Å². The van der Waals surface area contributed by atoms with Crippen molar-refractivity contribution in [2.24, 2.45) is 11.7 Å². The molecule has 5 rings (SSSR count). The molecule has 160 valence electrons. The maximum Gasteiger partial charge on any atom is 0.361 e. The number of ether oxygens (including phenoxy) is 1. The molecule has 3 heterocycles. The van der Waals surface area contributed by atoms with Gasteiger partial charge in [0.05, 0.1) is 28.5 Å². The third kappa shape index (κ3) is 3.43. The third-order valence-corrected chi connectivity index (χ3v) is 7.30. The molecule has 0 saturated heterocycles. The summed E-state index contributed by atoms with van der Waals surface area (Å²) in [5, 5.41) is 10.5. The number of carbonyl (C=O) groups is 1. The minimum absolute atomic E-state index is 0.276. The summed E-state index contributed by atoms with van der Waals surface area (Å²) >= 11 is 1.70. The summed E-state index contributed by atoms with van der Waals surface area (Å²) in [6.45, 7) is 0.276. The second-order valence-corrected chi connectivity index (χ2v) is 9.05. The van der Waals surface area contributed by atoms with Crippen molar-refractivity contribution in [1.82, 2.24) is 14.6 Å². The van der Waals surface area contributed by atoms with Gasteiger partial charge in [0.25, 0.3) is 5.91 Å². The number of hydrogen-bond donors (Lipinski definition) is 2. The fraction of sp³-hybridized carbons (Fsp3) is 0.364. The van der Waals surface area contributed by atoms with Gasteiger partial charge in [0.15, 0.2) is 5.56 Å². The van der Waals surface area contributed by atoms with Gasteiger partial charge in [-0.25, -0.2) is 4.98 Å². The van der Waals surface area contributed by atoms with E-state index in [1.54, 1.807) is 41.4 Å². The van der Waals surface area contributed by atoms with Crippen molar-refractivity contribution in [2.75, 3.05) is 13.7 Å². The summed E-state index contributed by atoms with van der Waals surface area (Å²) in [5.74, 6) is 0.970. The van der Waals surface area contributed by atoms with Crippen LogP contribution in [-0.4, -0.2) is 39.4 Å². The quantitative estimate of drug-likeness (QED) is 0.466. The Hall–Kier alpha value is -3.04. The van der Waals surface area contributed by atoms with Crippen LogP contribution in [0.2, 0.25) is 0 Å². The largest absolute Gasteiger partial charge is 0.494 e. The van der Waals surface area contributed by atoms with Gasteiger partial charge in [0.1, 0.15) is 23.8 Å². The van der Waals surface area contributed by atoms with Crippen molar-refractivity contribution in [2.45, 2.75) is 31.6 Å². The lowest BCUT2D eigenvalue weighted by Gasteiger charge is -2.25. The smallest absolute Gasteiger partial charge is 0.361 e. The molecule has 0 atom stereocenters. The van der Waals surface area contributed by atoms with Crippen LogP contribution in [0.3, 0.4) is 0 Å². The molecule has 3 aromatic heterocycles. The van der Waals surface area contributed by atoms with Gasteiger partial charge in [-0.2, -0.15) is 4.68 Å². The molecular weight excluding hydrogens is 414 g/mol. The van der Waals surface area contributed by atoms with Gasteiger partial charge in [0, 0.05) is 24.7 Å². The Bertz CT molecular complexity index is 1270. The number of methoxy groups -OCH3 is 1. The molecule has 0 spiro atoms. The minimum Gasteiger partial charge on any atom is -0.494 e. The number of primary amides is 1. The molecule has 1 aliphatic rings. The molecule has 1 fully saturated rings. The Kier molecular flexibility index (Phi) is 5.07. The summed E-state index contributed by atoms with van der Waals surface area (Å²) in [7, 11) is 1.62. The topological polar surface area (TPSA) is 107 Å². The first-order chi connectivity index (χ1) is 15.1. The van der Waals surface area contributed by atoms with Crippen molar-refractivity contribution >= 4 is 33.1 Å². The van der Waals surface area contributed by atoms with Gasteiger partial charge < -0.3 is 15.6 Å². The molecule has 1 saturated carbocycles. The van der Waals surface area contributed by atoms with E-state index in [0.717, 1.165) is 46.6 Å². The molecule has 0 bridgehead atoms. The number of nitrogens with zero attached hydrogens (tertiary/aromatic N) is 4. The van der Waals surface area contributed by atoms with E-state index in [4.69, 9.17) is 15.5 Å². The van der Waals surface area contributed by atoms with E-state index < -0.39 is 5.91 Å². The lowest BCUT2D eigenvalue weighted by Crippen LogP contribution is -2.31. The highest BCUT2D eigenvalue weighted by Crippen LogP contribution is 2.40. The summed E-state index contributed by atoms with van der Waals surface area (Å²) in [4.78, 5) is 21.2. The number of benzene rings is 1. The Labute approximate surface area is 182 Å². The van der Waals surface area contributed by atoms with Crippen LogP contribution in [0.4, 0.5) is 0 Å². The number of hydrogen-bond acceptors (Lipinski definition) is 6. The molecule has 1 aliphatic carbocycles. The SMILES string of the molecule is COc1cc2nc([C@H]3CC[C@H](CO)CC3)sc2cc1-n1cc(C(N)=O)c2nccc[n+]21. The standard InChI is InChI=1S/C22H23N5O3S/c1-30-18-9-16-19(31-22(25-16)14-5-3-13(12-28)4-6-14)10-17(18)27-11-15(20(23)29)21-24-7-2-8-26(21)27/h2,7-11,13-14,28H,3-6,12H2,1H3,(H-,23,29)/p+1/t13-,14-. The van der Waals surface area contributed by atoms with Crippen LogP contribution >= 0.6 is 11.3 Å². The molecule has 0 unspecified atom stereocenters. The molecule has 31 heavy (non-hydrogen) atoms. The van der Waals surface area contributed by atoms with Crippen LogP contribution in [0.25, 0.3) is 21.6 Å². The average Bonchev–Trinajstić information content (AvgIpc) is 3.39. The molecule has 4 aromatic rings. The second-order valence-electron chi connectivity index (χ2n) is 7.98. The Morgan fingerprint density at radius 2 is 2.16 bits per heavy atom. The van der Waals surface area contributed by atoms with Gasteiger partial charge in [-0.05, 0) is 42.7 Å². The van der Waals surface area contributed by atoms with Crippen molar-refractivity contribution in [3.63, 3.8) is 0 Å². The summed E-state index contributed by atoms with van der Waals surface area (Å²) in [6, 6.07) is 5.78. The zero-order chi connectivity index (χ0) is 21.5. The Morgan fingerprint density at radius 3 is 2.87 bits per heavy atom.